The number of H-pyrrole nitrogens is 1. The van der Waals surface area contributed by atoms with Crippen LogP contribution in [0.5, 0.6) is 17.2 Å². The lowest BCUT2D eigenvalue weighted by Crippen LogP contribution is -2.00. The van der Waals surface area contributed by atoms with Gasteiger partial charge in [0.05, 0.1) is 31.9 Å². The molecule has 1 aliphatic rings. The number of ether oxygens (including phenoxy) is 3. The van der Waals surface area contributed by atoms with Crippen molar-refractivity contribution < 1.29 is 14.2 Å². The molecule has 7 heteroatoms. The molecule has 1 aromatic carbocycles. The quantitative estimate of drug-likeness (QED) is 0.786. The Bertz CT molecular complexity index is 923. The minimum absolute atomic E-state index is 0.373. The zero-order valence-corrected chi connectivity index (χ0v) is 14.1. The van der Waals surface area contributed by atoms with Crippen LogP contribution in [-0.2, 0) is 12.8 Å². The van der Waals surface area contributed by atoms with Crippen LogP contribution in [0.25, 0.3) is 11.0 Å². The lowest BCUT2D eigenvalue weighted by molar-refractivity contribution is 0.360. The van der Waals surface area contributed by atoms with Crippen LogP contribution in [-0.4, -0.2) is 36.0 Å². The molecule has 124 valence electrons. The van der Waals surface area contributed by atoms with Crippen LogP contribution in [0.3, 0.4) is 0 Å². The molecule has 3 aromatic rings. The SMILES string of the molecule is COc1ccc(Cc2c(Cl)nnc3[nH]c4c(c23)OCC4)c(OC)c1. The molecular formula is C17H16ClN3O3. The van der Waals surface area contributed by atoms with Gasteiger partial charge >= 0.3 is 0 Å². The fraction of sp³-hybridized carbons (Fsp3) is 0.294. The van der Waals surface area contributed by atoms with Gasteiger partial charge in [-0.15, -0.1) is 10.2 Å². The van der Waals surface area contributed by atoms with E-state index in [9.17, 15) is 0 Å². The Morgan fingerprint density at radius 2 is 2.12 bits per heavy atom. The number of aromatic amines is 1. The first-order valence-electron chi connectivity index (χ1n) is 7.60. The van der Waals surface area contributed by atoms with Gasteiger partial charge in [0, 0.05) is 24.5 Å². The molecule has 4 rings (SSSR count). The van der Waals surface area contributed by atoms with E-state index in [1.54, 1.807) is 14.2 Å². The zero-order valence-electron chi connectivity index (χ0n) is 13.4. The molecule has 0 amide bonds. The van der Waals surface area contributed by atoms with E-state index < -0.39 is 0 Å². The minimum atomic E-state index is 0.373. The van der Waals surface area contributed by atoms with Gasteiger partial charge in [-0.3, -0.25) is 0 Å². The smallest absolute Gasteiger partial charge is 0.164 e. The molecule has 1 N–H and O–H groups in total. The monoisotopic (exact) mass is 345 g/mol. The summed E-state index contributed by atoms with van der Waals surface area (Å²) in [6.07, 6.45) is 1.40. The fourth-order valence-corrected chi connectivity index (χ4v) is 3.27. The number of nitrogens with zero attached hydrogens (tertiary/aromatic N) is 2. The first-order chi connectivity index (χ1) is 11.7. The van der Waals surface area contributed by atoms with Gasteiger partial charge in [0.1, 0.15) is 17.2 Å². The third kappa shape index (κ3) is 2.34. The Hall–Kier alpha value is -2.47. The van der Waals surface area contributed by atoms with E-state index >= 15 is 0 Å². The van der Waals surface area contributed by atoms with E-state index in [0.29, 0.717) is 23.8 Å². The molecule has 0 radical (unpaired) electrons. The van der Waals surface area contributed by atoms with E-state index in [1.807, 2.05) is 18.2 Å². The van der Waals surface area contributed by atoms with Gasteiger partial charge in [-0.2, -0.15) is 0 Å². The fourth-order valence-electron chi connectivity index (χ4n) is 3.07. The molecule has 0 saturated carbocycles. The summed E-state index contributed by atoms with van der Waals surface area (Å²) in [5.41, 5.74) is 3.61. The van der Waals surface area contributed by atoms with Crippen molar-refractivity contribution >= 4 is 22.6 Å². The van der Waals surface area contributed by atoms with E-state index in [0.717, 1.165) is 45.9 Å². The number of hydrogen-bond donors (Lipinski definition) is 1. The van der Waals surface area contributed by atoms with Gasteiger partial charge in [-0.1, -0.05) is 17.7 Å². The molecule has 1 aliphatic heterocycles. The number of benzene rings is 1. The summed E-state index contributed by atoms with van der Waals surface area (Å²) < 4.78 is 16.5. The third-order valence-corrected chi connectivity index (χ3v) is 4.56. The molecule has 0 bridgehead atoms. The highest BCUT2D eigenvalue weighted by molar-refractivity contribution is 6.31. The number of aromatic nitrogens is 3. The first kappa shape index (κ1) is 15.1. The van der Waals surface area contributed by atoms with Crippen LogP contribution >= 0.6 is 11.6 Å². The van der Waals surface area contributed by atoms with Crippen LogP contribution in [0.1, 0.15) is 16.8 Å². The second kappa shape index (κ2) is 5.87. The molecule has 0 unspecified atom stereocenters. The molecular weight excluding hydrogens is 330 g/mol. The lowest BCUT2D eigenvalue weighted by Gasteiger charge is -2.12. The predicted octanol–water partition coefficient (Wildman–Crippen LogP) is 3.15. The normalized spacial score (nSPS) is 13.0. The van der Waals surface area contributed by atoms with Crippen LogP contribution in [0.4, 0.5) is 0 Å². The van der Waals surface area contributed by atoms with Gasteiger partial charge in [-0.05, 0) is 11.6 Å². The van der Waals surface area contributed by atoms with Crippen molar-refractivity contribution in [3.8, 4) is 17.2 Å². The molecule has 0 spiro atoms. The molecule has 0 aliphatic carbocycles. The van der Waals surface area contributed by atoms with Crippen LogP contribution < -0.4 is 14.2 Å². The maximum Gasteiger partial charge on any atom is 0.164 e. The van der Waals surface area contributed by atoms with Gasteiger partial charge in [0.15, 0.2) is 10.8 Å². The van der Waals surface area contributed by atoms with Crippen molar-refractivity contribution in [2.45, 2.75) is 12.8 Å². The minimum Gasteiger partial charge on any atom is -0.497 e. The van der Waals surface area contributed by atoms with E-state index in [-0.39, 0.29) is 0 Å². The molecule has 3 heterocycles. The molecule has 24 heavy (non-hydrogen) atoms. The Kier molecular flexibility index (Phi) is 3.69. The lowest BCUT2D eigenvalue weighted by atomic mass is 10.0. The Morgan fingerprint density at radius 3 is 2.92 bits per heavy atom. The summed E-state index contributed by atoms with van der Waals surface area (Å²) in [6, 6.07) is 5.72. The van der Waals surface area contributed by atoms with Crippen molar-refractivity contribution in [1.82, 2.24) is 15.2 Å². The number of nitrogens with one attached hydrogen (secondary N) is 1. The van der Waals surface area contributed by atoms with Crippen LogP contribution in [0, 0.1) is 0 Å². The van der Waals surface area contributed by atoms with Crippen molar-refractivity contribution in [3.05, 3.63) is 40.2 Å². The molecule has 2 aromatic heterocycles. The Morgan fingerprint density at radius 1 is 1.25 bits per heavy atom. The van der Waals surface area contributed by atoms with Gasteiger partial charge in [0.2, 0.25) is 0 Å². The summed E-state index contributed by atoms with van der Waals surface area (Å²) in [6.45, 7) is 0.669. The van der Waals surface area contributed by atoms with Crippen molar-refractivity contribution in [3.63, 3.8) is 0 Å². The highest BCUT2D eigenvalue weighted by Crippen LogP contribution is 2.39. The highest BCUT2D eigenvalue weighted by atomic mass is 35.5. The standard InChI is InChI=1S/C17H16ClN3O3/c1-22-10-4-3-9(13(8-10)23-2)7-11-14-15-12(5-6-24-15)19-17(14)21-20-16(11)18/h3-4,8H,5-7H2,1-2H3,(H,19,21). The van der Waals surface area contributed by atoms with Gasteiger partial charge in [0.25, 0.3) is 0 Å². The molecule has 0 atom stereocenters. The summed E-state index contributed by atoms with van der Waals surface area (Å²) in [4.78, 5) is 3.27. The summed E-state index contributed by atoms with van der Waals surface area (Å²) in [5.74, 6) is 2.32. The van der Waals surface area contributed by atoms with Gasteiger partial charge in [-0.25, -0.2) is 0 Å². The Labute approximate surface area is 143 Å². The van der Waals surface area contributed by atoms with Gasteiger partial charge < -0.3 is 19.2 Å². The zero-order chi connectivity index (χ0) is 16.7. The second-order valence-electron chi connectivity index (χ2n) is 5.58. The highest BCUT2D eigenvalue weighted by Gasteiger charge is 2.24. The average molecular weight is 346 g/mol. The topological polar surface area (TPSA) is 69.3 Å². The number of rotatable bonds is 4. The molecule has 0 saturated heterocycles. The Balaban J connectivity index is 1.84. The van der Waals surface area contributed by atoms with E-state index in [4.69, 9.17) is 25.8 Å². The predicted molar refractivity (Wildman–Crippen MR) is 90.4 cm³/mol. The first-order valence-corrected chi connectivity index (χ1v) is 7.98. The molecule has 6 nitrogen and oxygen atoms in total. The molecule has 0 fully saturated rings. The maximum atomic E-state index is 6.36. The van der Waals surface area contributed by atoms with E-state index in [1.165, 1.54) is 0 Å². The van der Waals surface area contributed by atoms with E-state index in [2.05, 4.69) is 15.2 Å². The summed E-state index contributed by atoms with van der Waals surface area (Å²) in [5, 5.41) is 9.49. The largest absolute Gasteiger partial charge is 0.497 e. The number of methoxy groups -OCH3 is 2. The average Bonchev–Trinajstić information content (AvgIpc) is 3.18. The van der Waals surface area contributed by atoms with Crippen LogP contribution in [0.15, 0.2) is 18.2 Å². The van der Waals surface area contributed by atoms with Crippen molar-refractivity contribution in [1.29, 1.82) is 0 Å². The van der Waals surface area contributed by atoms with Crippen molar-refractivity contribution in [2.75, 3.05) is 20.8 Å². The summed E-state index contributed by atoms with van der Waals surface area (Å²) >= 11 is 6.36. The van der Waals surface area contributed by atoms with Crippen LogP contribution in [0.2, 0.25) is 5.15 Å². The maximum absolute atomic E-state index is 6.36. The second-order valence-corrected chi connectivity index (χ2v) is 5.94. The third-order valence-electron chi connectivity index (χ3n) is 4.26. The number of hydrogen-bond acceptors (Lipinski definition) is 5. The number of halogens is 1. The summed E-state index contributed by atoms with van der Waals surface area (Å²) in [7, 11) is 3.26. The van der Waals surface area contributed by atoms with Crippen molar-refractivity contribution in [2.24, 2.45) is 0 Å². The number of fused-ring (bicyclic) bond motifs is 3.